The summed E-state index contributed by atoms with van der Waals surface area (Å²) in [5, 5.41) is 16.5. The van der Waals surface area contributed by atoms with Crippen LogP contribution in [0, 0.1) is 0 Å². The van der Waals surface area contributed by atoms with Crippen molar-refractivity contribution in [2.75, 3.05) is 25.0 Å². The Balaban J connectivity index is 1.89. The summed E-state index contributed by atoms with van der Waals surface area (Å²) >= 11 is 1.21. The molecule has 2 heterocycles. The molecule has 0 aromatic carbocycles. The lowest BCUT2D eigenvalue weighted by Gasteiger charge is -2.32. The maximum Gasteiger partial charge on any atom is 0.338 e. The predicted molar refractivity (Wildman–Crippen MR) is 78.6 cm³/mol. The highest BCUT2D eigenvalue weighted by molar-refractivity contribution is 7.14. The molecule has 6 nitrogen and oxygen atoms in total. The zero-order chi connectivity index (χ0) is 14.5. The fourth-order valence-electron chi connectivity index (χ4n) is 2.36. The minimum atomic E-state index is -1.03. The van der Waals surface area contributed by atoms with Crippen molar-refractivity contribution in [2.24, 2.45) is 0 Å². The van der Waals surface area contributed by atoms with E-state index in [0.29, 0.717) is 5.00 Å². The van der Waals surface area contributed by atoms with Gasteiger partial charge in [0, 0.05) is 12.6 Å². The van der Waals surface area contributed by atoms with E-state index in [1.807, 2.05) is 0 Å². The summed E-state index contributed by atoms with van der Waals surface area (Å²) in [5.41, 5.74) is 0.129. The molecule has 0 bridgehead atoms. The Morgan fingerprint density at radius 3 is 3.05 bits per heavy atom. The Kier molecular flexibility index (Phi) is 4.97. The number of hydrogen-bond donors (Lipinski definition) is 3. The van der Waals surface area contributed by atoms with Gasteiger partial charge in [-0.1, -0.05) is 6.92 Å². The highest BCUT2D eigenvalue weighted by atomic mass is 32.1. The van der Waals surface area contributed by atoms with Gasteiger partial charge in [-0.05, 0) is 37.4 Å². The van der Waals surface area contributed by atoms with Gasteiger partial charge in [-0.15, -0.1) is 11.3 Å². The fourth-order valence-corrected chi connectivity index (χ4v) is 3.13. The van der Waals surface area contributed by atoms with Crippen molar-refractivity contribution in [3.63, 3.8) is 0 Å². The van der Waals surface area contributed by atoms with Gasteiger partial charge in [-0.25, -0.2) is 9.59 Å². The molecule has 1 aliphatic heterocycles. The molecular weight excluding hydrogens is 278 g/mol. The average Bonchev–Trinajstić information content (AvgIpc) is 2.87. The minimum Gasteiger partial charge on any atom is -0.478 e. The molecule has 7 heteroatoms. The molecule has 0 radical (unpaired) electrons. The molecule has 0 saturated carbocycles. The normalized spacial score (nSPS) is 19.6. The van der Waals surface area contributed by atoms with Crippen molar-refractivity contribution < 1.29 is 14.7 Å². The third-order valence-corrected chi connectivity index (χ3v) is 4.24. The van der Waals surface area contributed by atoms with Crippen LogP contribution in [0.3, 0.4) is 0 Å². The first-order valence-corrected chi connectivity index (χ1v) is 7.58. The van der Waals surface area contributed by atoms with Gasteiger partial charge in [0.1, 0.15) is 5.00 Å². The number of aromatic carboxylic acids is 1. The maximum absolute atomic E-state index is 11.9. The summed E-state index contributed by atoms with van der Waals surface area (Å²) in [5.74, 6) is -1.03. The van der Waals surface area contributed by atoms with Crippen LogP contribution in [-0.2, 0) is 0 Å². The van der Waals surface area contributed by atoms with Crippen LogP contribution in [0.25, 0.3) is 0 Å². The fraction of sp³-hybridized carbons (Fsp3) is 0.538. The number of nitrogens with zero attached hydrogens (tertiary/aromatic N) is 1. The van der Waals surface area contributed by atoms with E-state index in [-0.39, 0.29) is 17.6 Å². The Morgan fingerprint density at radius 2 is 2.35 bits per heavy atom. The first-order valence-electron chi connectivity index (χ1n) is 6.70. The monoisotopic (exact) mass is 297 g/mol. The lowest BCUT2D eigenvalue weighted by Crippen LogP contribution is -2.48. The number of amides is 2. The topological polar surface area (TPSA) is 81.7 Å². The van der Waals surface area contributed by atoms with E-state index in [4.69, 9.17) is 5.11 Å². The minimum absolute atomic E-state index is 0.122. The zero-order valence-corrected chi connectivity index (χ0v) is 12.2. The molecule has 0 spiro atoms. The Bertz CT molecular complexity index is 489. The van der Waals surface area contributed by atoms with E-state index in [1.54, 1.807) is 5.38 Å². The van der Waals surface area contributed by atoms with Crippen molar-refractivity contribution in [1.82, 2.24) is 10.2 Å². The van der Waals surface area contributed by atoms with Crippen molar-refractivity contribution in [3.8, 4) is 0 Å². The molecule has 1 aromatic heterocycles. The first-order chi connectivity index (χ1) is 9.60. The molecule has 1 atom stereocenters. The summed E-state index contributed by atoms with van der Waals surface area (Å²) in [6.45, 7) is 5.01. The second-order valence-electron chi connectivity index (χ2n) is 4.80. The standard InChI is InChI=1S/C13H19N3O3S/c1-2-16-6-3-4-9(8-16)14-13(19)15-11-10(12(17)18)5-7-20-11/h5,7,9H,2-4,6,8H2,1H3,(H,17,18)(H2,14,15,19). The van der Waals surface area contributed by atoms with Crippen LogP contribution in [0.4, 0.5) is 9.80 Å². The molecular formula is C13H19N3O3S. The number of carboxylic acid groups (broad SMARTS) is 1. The van der Waals surface area contributed by atoms with Gasteiger partial charge in [0.2, 0.25) is 0 Å². The summed E-state index contributed by atoms with van der Waals surface area (Å²) in [4.78, 5) is 25.2. The Hall–Kier alpha value is -1.60. The van der Waals surface area contributed by atoms with Gasteiger partial charge in [0.25, 0.3) is 0 Å². The van der Waals surface area contributed by atoms with Gasteiger partial charge in [-0.2, -0.15) is 0 Å². The molecule has 110 valence electrons. The predicted octanol–water partition coefficient (Wildman–Crippen LogP) is 2.05. The smallest absolute Gasteiger partial charge is 0.338 e. The second kappa shape index (κ2) is 6.71. The van der Waals surface area contributed by atoms with Gasteiger partial charge in [0.15, 0.2) is 0 Å². The number of likely N-dealkylation sites (tertiary alicyclic amines) is 1. The molecule has 1 saturated heterocycles. The van der Waals surface area contributed by atoms with Crippen molar-refractivity contribution in [3.05, 3.63) is 17.0 Å². The zero-order valence-electron chi connectivity index (χ0n) is 11.4. The molecule has 1 aliphatic rings. The quantitative estimate of drug-likeness (QED) is 0.794. The summed E-state index contributed by atoms with van der Waals surface area (Å²) in [6.07, 6.45) is 2.03. The number of anilines is 1. The largest absolute Gasteiger partial charge is 0.478 e. The highest BCUT2D eigenvalue weighted by Gasteiger charge is 2.21. The van der Waals surface area contributed by atoms with Crippen molar-refractivity contribution in [2.45, 2.75) is 25.8 Å². The number of rotatable bonds is 4. The molecule has 2 amide bonds. The molecule has 0 aliphatic carbocycles. The SMILES string of the molecule is CCN1CCCC(NC(=O)Nc2sccc2C(=O)O)C1. The number of piperidine rings is 1. The summed E-state index contributed by atoms with van der Waals surface area (Å²) < 4.78 is 0. The number of carbonyl (C=O) groups is 2. The number of likely N-dealkylation sites (N-methyl/N-ethyl adjacent to an activating group) is 1. The van der Waals surface area contributed by atoms with E-state index >= 15 is 0 Å². The van der Waals surface area contributed by atoms with Crippen molar-refractivity contribution >= 4 is 28.3 Å². The Labute approximate surface area is 121 Å². The van der Waals surface area contributed by atoms with Gasteiger partial charge in [0.05, 0.1) is 5.56 Å². The Morgan fingerprint density at radius 1 is 1.55 bits per heavy atom. The number of thiophene rings is 1. The van der Waals surface area contributed by atoms with E-state index in [1.165, 1.54) is 17.4 Å². The lowest BCUT2D eigenvalue weighted by molar-refractivity contribution is 0.0698. The van der Waals surface area contributed by atoms with E-state index in [2.05, 4.69) is 22.5 Å². The first kappa shape index (κ1) is 14.8. The van der Waals surface area contributed by atoms with Crippen LogP contribution < -0.4 is 10.6 Å². The van der Waals surface area contributed by atoms with Crippen LogP contribution in [0.2, 0.25) is 0 Å². The number of hydrogen-bond acceptors (Lipinski definition) is 4. The van der Waals surface area contributed by atoms with Crippen LogP contribution in [-0.4, -0.2) is 47.7 Å². The average molecular weight is 297 g/mol. The summed E-state index contributed by atoms with van der Waals surface area (Å²) in [6, 6.07) is 1.28. The van der Waals surface area contributed by atoms with E-state index < -0.39 is 5.97 Å². The van der Waals surface area contributed by atoms with Crippen LogP contribution in [0.5, 0.6) is 0 Å². The van der Waals surface area contributed by atoms with E-state index in [9.17, 15) is 9.59 Å². The maximum atomic E-state index is 11.9. The van der Waals surface area contributed by atoms with E-state index in [0.717, 1.165) is 32.5 Å². The third-order valence-electron chi connectivity index (χ3n) is 3.41. The third kappa shape index (κ3) is 3.71. The van der Waals surface area contributed by atoms with Crippen LogP contribution in [0.15, 0.2) is 11.4 Å². The second-order valence-corrected chi connectivity index (χ2v) is 5.72. The summed E-state index contributed by atoms with van der Waals surface area (Å²) in [7, 11) is 0. The van der Waals surface area contributed by atoms with Crippen LogP contribution >= 0.6 is 11.3 Å². The molecule has 20 heavy (non-hydrogen) atoms. The molecule has 3 N–H and O–H groups in total. The number of carbonyl (C=O) groups excluding carboxylic acids is 1. The van der Waals surface area contributed by atoms with Gasteiger partial charge in [-0.3, -0.25) is 5.32 Å². The number of urea groups is 1. The molecule has 1 fully saturated rings. The highest BCUT2D eigenvalue weighted by Crippen LogP contribution is 2.23. The molecule has 1 unspecified atom stereocenters. The van der Waals surface area contributed by atoms with Crippen LogP contribution in [0.1, 0.15) is 30.1 Å². The van der Waals surface area contributed by atoms with Gasteiger partial charge >= 0.3 is 12.0 Å². The molecule has 1 aromatic rings. The number of nitrogens with one attached hydrogen (secondary N) is 2. The van der Waals surface area contributed by atoms with Crippen molar-refractivity contribution in [1.29, 1.82) is 0 Å². The number of carboxylic acids is 1. The molecule has 2 rings (SSSR count). The lowest BCUT2D eigenvalue weighted by atomic mass is 10.1. The van der Waals surface area contributed by atoms with Gasteiger partial charge < -0.3 is 15.3 Å².